The van der Waals surface area contributed by atoms with Crippen LogP contribution in [0.3, 0.4) is 0 Å². The van der Waals surface area contributed by atoms with Gasteiger partial charge in [-0.15, -0.1) is 0 Å². The summed E-state index contributed by atoms with van der Waals surface area (Å²) in [5.41, 5.74) is 6.65. The van der Waals surface area contributed by atoms with Gasteiger partial charge < -0.3 is 16.4 Å². The van der Waals surface area contributed by atoms with E-state index in [4.69, 9.17) is 5.73 Å². The first-order valence-corrected chi connectivity index (χ1v) is 15.8. The van der Waals surface area contributed by atoms with Crippen LogP contribution >= 0.6 is 0 Å². The number of benzene rings is 4. The molecule has 0 heterocycles. The fourth-order valence-corrected chi connectivity index (χ4v) is 6.08. The molecule has 4 aromatic rings. The molecule has 0 atom stereocenters. The van der Waals surface area contributed by atoms with Crippen molar-refractivity contribution in [3.63, 3.8) is 0 Å². The van der Waals surface area contributed by atoms with E-state index in [1.54, 1.807) is 19.1 Å². The van der Waals surface area contributed by atoms with E-state index in [0.29, 0.717) is 23.4 Å². The summed E-state index contributed by atoms with van der Waals surface area (Å²) in [4.78, 5) is 22.7. The van der Waals surface area contributed by atoms with Gasteiger partial charge >= 0.3 is 0 Å². The number of hydrogen-bond donors (Lipinski definition) is 6. The van der Waals surface area contributed by atoms with Crippen LogP contribution in [0.2, 0.25) is 0 Å². The van der Waals surface area contributed by atoms with E-state index in [2.05, 4.69) is 10.6 Å². The summed E-state index contributed by atoms with van der Waals surface area (Å²) in [5, 5.41) is 3.57. The van der Waals surface area contributed by atoms with Crippen LogP contribution in [-0.2, 0) is 30.4 Å². The number of amides is 2. The van der Waals surface area contributed by atoms with Crippen LogP contribution in [0, 0.1) is 6.92 Å². The number of nitrogen functional groups attached to an aromatic ring is 1. The van der Waals surface area contributed by atoms with Crippen molar-refractivity contribution in [3.8, 4) is 0 Å². The maximum absolute atomic E-state index is 13.2. The number of nitrogens with two attached hydrogens (primary N) is 1. The Morgan fingerprint density at radius 1 is 0.674 bits per heavy atom. The first-order chi connectivity index (χ1) is 19.4. The van der Waals surface area contributed by atoms with Crippen LogP contribution in [0.25, 0.3) is 10.8 Å². The molecule has 7 N–H and O–H groups in total. The van der Waals surface area contributed by atoms with Gasteiger partial charge in [0.2, 0.25) is 0 Å². The maximum atomic E-state index is 13.2. The second kappa shape index (κ2) is 12.3. The predicted octanol–water partition coefficient (Wildman–Crippen LogP) is 2.59. The van der Waals surface area contributed by atoms with Gasteiger partial charge in [0.1, 0.15) is 9.79 Å². The third-order valence-electron chi connectivity index (χ3n) is 6.01. The zero-order valence-corrected chi connectivity index (χ0v) is 26.7. The van der Waals surface area contributed by atoms with E-state index >= 15 is 0 Å². The minimum atomic E-state index is -5.31. The molecular formula is C25H21N3NaO11S3. The normalized spacial score (nSPS) is 11.9. The summed E-state index contributed by atoms with van der Waals surface area (Å²) in [5.74, 6) is -1.42. The molecule has 0 aromatic heterocycles. The van der Waals surface area contributed by atoms with Crippen LogP contribution < -0.4 is 16.4 Å². The van der Waals surface area contributed by atoms with Gasteiger partial charge in [-0.3, -0.25) is 23.2 Å². The number of rotatable bonds is 7. The summed E-state index contributed by atoms with van der Waals surface area (Å²) in [7, 11) is -15.6. The molecule has 0 aliphatic heterocycles. The average molecular weight is 659 g/mol. The number of hydrogen-bond acceptors (Lipinski definition) is 9. The maximum Gasteiger partial charge on any atom is 0.295 e. The molecule has 0 spiro atoms. The van der Waals surface area contributed by atoms with Crippen LogP contribution in [0.5, 0.6) is 0 Å². The summed E-state index contributed by atoms with van der Waals surface area (Å²) in [6, 6.07) is 12.9. The van der Waals surface area contributed by atoms with Crippen molar-refractivity contribution in [2.24, 2.45) is 0 Å². The van der Waals surface area contributed by atoms with Crippen molar-refractivity contribution in [3.05, 3.63) is 83.4 Å². The Morgan fingerprint density at radius 3 is 1.81 bits per heavy atom. The van der Waals surface area contributed by atoms with Gasteiger partial charge in [-0.05, 0) is 67.1 Å². The van der Waals surface area contributed by atoms with Gasteiger partial charge in [0.15, 0.2) is 0 Å². The number of anilines is 3. The summed E-state index contributed by atoms with van der Waals surface area (Å²) in [6.45, 7) is 1.66. The van der Waals surface area contributed by atoms with Crippen molar-refractivity contribution in [2.45, 2.75) is 21.6 Å². The Balaban J connectivity index is 0.00000506. The van der Waals surface area contributed by atoms with E-state index in [1.807, 2.05) is 0 Å². The van der Waals surface area contributed by atoms with Crippen molar-refractivity contribution < 1.29 is 48.5 Å². The van der Waals surface area contributed by atoms with E-state index in [1.165, 1.54) is 30.3 Å². The third kappa shape index (κ3) is 7.58. The van der Waals surface area contributed by atoms with Crippen molar-refractivity contribution in [1.29, 1.82) is 0 Å². The number of aryl methyl sites for hydroxylation is 1. The van der Waals surface area contributed by atoms with E-state index in [-0.39, 0.29) is 46.4 Å². The molecule has 2 amide bonds. The van der Waals surface area contributed by atoms with Crippen molar-refractivity contribution in [1.82, 2.24) is 0 Å². The zero-order chi connectivity index (χ0) is 31.2. The molecule has 4 rings (SSSR count). The van der Waals surface area contributed by atoms with Crippen LogP contribution in [0.1, 0.15) is 26.3 Å². The molecule has 43 heavy (non-hydrogen) atoms. The number of fused-ring (bicyclic) bond motifs is 1. The van der Waals surface area contributed by atoms with Gasteiger partial charge in [-0.1, -0.05) is 12.1 Å². The van der Waals surface area contributed by atoms with Gasteiger partial charge in [-0.25, -0.2) is 0 Å². The molecule has 18 heteroatoms. The Kier molecular flexibility index (Phi) is 9.76. The zero-order valence-electron chi connectivity index (χ0n) is 22.3. The third-order valence-corrected chi connectivity index (χ3v) is 8.63. The van der Waals surface area contributed by atoms with E-state index in [0.717, 1.165) is 12.1 Å². The predicted molar refractivity (Wildman–Crippen MR) is 157 cm³/mol. The molecule has 0 aliphatic carbocycles. The molecule has 0 saturated heterocycles. The molecular weight excluding hydrogens is 637 g/mol. The number of nitrogens with one attached hydrogen (secondary N) is 2. The molecule has 1 radical (unpaired) electrons. The summed E-state index contributed by atoms with van der Waals surface area (Å²) in [6.07, 6.45) is 0. The standard InChI is InChI=1S/C25H21N3O11S3.Na/c1-13-5-6-15(10-20(13)28-24(29)14-3-2-4-16(26)9-14)25(30)27-19-7-8-21(41(34,35)36)18-11-17(40(31,32)33)12-22(23(18)19)42(37,38)39;/h2-12H,26H2,1H3,(H,27,30)(H,28,29)(H,31,32,33)(H,34,35,36)(H,37,38,39);. The first kappa shape index (κ1) is 34.1. The second-order valence-electron chi connectivity index (χ2n) is 8.94. The largest absolute Gasteiger partial charge is 0.399 e. The van der Waals surface area contributed by atoms with Gasteiger partial charge in [0.05, 0.1) is 10.6 Å². The monoisotopic (exact) mass is 658 g/mol. The molecule has 0 unspecified atom stereocenters. The topological polar surface area (TPSA) is 247 Å². The molecule has 0 saturated carbocycles. The molecule has 0 bridgehead atoms. The SMILES string of the molecule is Cc1ccc(C(=O)Nc2ccc(S(=O)(=O)O)c3cc(S(=O)(=O)O)cc(S(=O)(=O)O)c23)cc1NC(=O)c1cccc(N)c1.[Na]. The smallest absolute Gasteiger partial charge is 0.295 e. The van der Waals surface area contributed by atoms with E-state index in [9.17, 15) is 48.5 Å². The fourth-order valence-electron chi connectivity index (χ4n) is 4.04. The molecule has 0 aliphatic rings. The summed E-state index contributed by atoms with van der Waals surface area (Å²) < 4.78 is 101. The number of carbonyl (C=O) groups is 2. The van der Waals surface area contributed by atoms with Crippen LogP contribution in [0.4, 0.5) is 17.1 Å². The molecule has 4 aromatic carbocycles. The molecule has 0 fully saturated rings. The minimum absolute atomic E-state index is 0. The van der Waals surface area contributed by atoms with E-state index < -0.39 is 73.3 Å². The quantitative estimate of drug-likeness (QED) is 0.0953. The molecule has 221 valence electrons. The Labute approximate surface area is 267 Å². The van der Waals surface area contributed by atoms with Gasteiger partial charge in [0, 0.05) is 62.8 Å². The Bertz CT molecular complexity index is 2130. The second-order valence-corrected chi connectivity index (χ2v) is 13.1. The molecule has 14 nitrogen and oxygen atoms in total. The number of carbonyl (C=O) groups excluding carboxylic acids is 2. The average Bonchev–Trinajstić information content (AvgIpc) is 2.87. The van der Waals surface area contributed by atoms with Gasteiger partial charge in [0.25, 0.3) is 42.2 Å². The van der Waals surface area contributed by atoms with Gasteiger partial charge in [-0.2, -0.15) is 25.3 Å². The van der Waals surface area contributed by atoms with Crippen LogP contribution in [-0.4, -0.2) is 80.3 Å². The minimum Gasteiger partial charge on any atom is -0.399 e. The van der Waals surface area contributed by atoms with Crippen LogP contribution in [0.15, 0.2) is 81.4 Å². The summed E-state index contributed by atoms with van der Waals surface area (Å²) >= 11 is 0. The first-order valence-electron chi connectivity index (χ1n) is 11.5. The van der Waals surface area contributed by atoms with Crippen molar-refractivity contribution >= 4 is 99.6 Å². The van der Waals surface area contributed by atoms with Crippen molar-refractivity contribution in [2.75, 3.05) is 16.4 Å². The Hall–Kier alpha value is -3.39. The fraction of sp³-hybridized carbons (Fsp3) is 0.0400. The Morgan fingerprint density at radius 2 is 1.26 bits per heavy atom.